The van der Waals surface area contributed by atoms with E-state index in [1.54, 1.807) is 6.07 Å². The smallest absolute Gasteiger partial charge is 0.256 e. The fourth-order valence-corrected chi connectivity index (χ4v) is 5.65. The molecule has 5 N–H and O–H groups in total. The second-order valence-corrected chi connectivity index (χ2v) is 10.2. The Bertz CT molecular complexity index is 1800. The van der Waals surface area contributed by atoms with Crippen molar-refractivity contribution in [3.8, 4) is 11.8 Å². The molecular weight excluding hydrogens is 505 g/mol. The molecule has 1 aliphatic rings. The Kier molecular flexibility index (Phi) is 6.58. The van der Waals surface area contributed by atoms with Gasteiger partial charge in [0.15, 0.2) is 0 Å². The lowest BCUT2D eigenvalue weighted by Gasteiger charge is -2.27. The average molecular weight is 534 g/mol. The predicted octanol–water partition coefficient (Wildman–Crippen LogP) is 6.34. The molecule has 1 fully saturated rings. The number of carbonyl (C=O) groups excluding carboxylic acids is 1. The van der Waals surface area contributed by atoms with Crippen LogP contribution in [0.4, 0.5) is 21.5 Å². The number of anilines is 3. The number of aliphatic hydroxyl groups excluding tert-OH is 1. The molecule has 7 nitrogen and oxygen atoms in total. The highest BCUT2D eigenvalue weighted by atomic mass is 19.1. The first-order valence-electron chi connectivity index (χ1n) is 13.3. The molecule has 40 heavy (non-hydrogen) atoms. The molecule has 0 atom stereocenters. The number of nitriles is 1. The third-order valence-corrected chi connectivity index (χ3v) is 7.64. The number of para-hydroxylation sites is 1. The zero-order chi connectivity index (χ0) is 27.8. The maximum absolute atomic E-state index is 13.5. The van der Waals surface area contributed by atoms with Crippen LogP contribution in [-0.2, 0) is 0 Å². The van der Waals surface area contributed by atoms with Crippen LogP contribution >= 0.6 is 0 Å². The maximum Gasteiger partial charge on any atom is 0.256 e. The van der Waals surface area contributed by atoms with E-state index in [4.69, 9.17) is 5.73 Å². The van der Waals surface area contributed by atoms with Gasteiger partial charge in [0, 0.05) is 28.1 Å². The summed E-state index contributed by atoms with van der Waals surface area (Å²) in [4.78, 5) is 13.5. The first-order chi connectivity index (χ1) is 19.4. The molecule has 1 amide bonds. The number of hydrogen-bond donors (Lipinski definition) is 4. The average Bonchev–Trinajstić information content (AvgIpc) is 3.30. The fourth-order valence-electron chi connectivity index (χ4n) is 5.65. The van der Waals surface area contributed by atoms with Crippen LogP contribution in [0.1, 0.15) is 41.6 Å². The van der Waals surface area contributed by atoms with Crippen molar-refractivity contribution in [1.29, 1.82) is 5.26 Å². The normalized spacial score (nSPS) is 17.0. The monoisotopic (exact) mass is 533 g/mol. The van der Waals surface area contributed by atoms with E-state index in [9.17, 15) is 19.6 Å². The number of aliphatic hydroxyl groups is 1. The van der Waals surface area contributed by atoms with Gasteiger partial charge in [-0.1, -0.05) is 24.3 Å². The second-order valence-electron chi connectivity index (χ2n) is 10.2. The van der Waals surface area contributed by atoms with Crippen LogP contribution in [0.3, 0.4) is 0 Å². The zero-order valence-corrected chi connectivity index (χ0v) is 21.7. The van der Waals surface area contributed by atoms with E-state index in [1.165, 1.54) is 18.2 Å². The summed E-state index contributed by atoms with van der Waals surface area (Å²) in [6.45, 7) is 0. The molecule has 6 rings (SSSR count). The van der Waals surface area contributed by atoms with Crippen LogP contribution in [-0.4, -0.2) is 27.7 Å². The number of carbonyl (C=O) groups is 1. The molecule has 8 heteroatoms. The summed E-state index contributed by atoms with van der Waals surface area (Å²) in [7, 11) is 0. The molecule has 1 saturated carbocycles. The quantitative estimate of drug-likeness (QED) is 0.197. The molecule has 1 heterocycles. The highest BCUT2D eigenvalue weighted by Crippen LogP contribution is 2.36. The largest absolute Gasteiger partial charge is 0.397 e. The highest BCUT2D eigenvalue weighted by Gasteiger charge is 2.22. The molecule has 0 bridgehead atoms. The number of amides is 1. The van der Waals surface area contributed by atoms with E-state index in [1.807, 2.05) is 54.6 Å². The molecule has 1 aliphatic carbocycles. The summed E-state index contributed by atoms with van der Waals surface area (Å²) in [5, 5.41) is 27.7. The summed E-state index contributed by atoms with van der Waals surface area (Å²) in [6.07, 6.45) is 2.88. The van der Waals surface area contributed by atoms with Crippen LogP contribution < -0.4 is 16.4 Å². The van der Waals surface area contributed by atoms with Gasteiger partial charge in [-0.3, -0.25) is 4.79 Å². The van der Waals surface area contributed by atoms with Crippen LogP contribution in [0.15, 0.2) is 78.9 Å². The molecule has 0 unspecified atom stereocenters. The number of nitrogens with zero attached hydrogens (tertiary/aromatic N) is 2. The van der Waals surface area contributed by atoms with Crippen molar-refractivity contribution in [2.75, 3.05) is 16.4 Å². The number of nitrogens with one attached hydrogen (secondary N) is 2. The molecule has 0 saturated heterocycles. The van der Waals surface area contributed by atoms with Gasteiger partial charge in [0.1, 0.15) is 11.9 Å². The van der Waals surface area contributed by atoms with E-state index in [0.717, 1.165) is 58.9 Å². The highest BCUT2D eigenvalue weighted by molar-refractivity contribution is 6.21. The number of rotatable bonds is 5. The first-order valence-corrected chi connectivity index (χ1v) is 13.3. The third-order valence-electron chi connectivity index (χ3n) is 7.64. The predicted molar refractivity (Wildman–Crippen MR) is 156 cm³/mol. The minimum atomic E-state index is -0.474. The van der Waals surface area contributed by atoms with Crippen LogP contribution in [0.25, 0.3) is 27.5 Å². The van der Waals surface area contributed by atoms with Crippen molar-refractivity contribution in [1.82, 2.24) is 4.57 Å². The molecule has 4 aromatic carbocycles. The molecule has 5 aromatic rings. The van der Waals surface area contributed by atoms with Gasteiger partial charge in [-0.15, -0.1) is 0 Å². The second kappa shape index (κ2) is 10.4. The molecular formula is C32H28FN5O2. The number of aromatic nitrogens is 1. The van der Waals surface area contributed by atoms with Gasteiger partial charge in [-0.2, -0.15) is 5.26 Å². The van der Waals surface area contributed by atoms with Crippen molar-refractivity contribution in [2.24, 2.45) is 0 Å². The van der Waals surface area contributed by atoms with E-state index >= 15 is 0 Å². The Labute approximate surface area is 230 Å². The van der Waals surface area contributed by atoms with Gasteiger partial charge in [0.25, 0.3) is 5.91 Å². The summed E-state index contributed by atoms with van der Waals surface area (Å²) in [5.41, 5.74) is 10.8. The van der Waals surface area contributed by atoms with Crippen LogP contribution in [0, 0.1) is 17.1 Å². The number of hydrogen-bond acceptors (Lipinski definition) is 5. The SMILES string of the molecule is N#Cc1ccc(-n2c3ccccc3c3c(C(=O)Nc4ccc(F)cc4N)cccc32)cc1N[C@H]1CC[C@H](O)CC1. The number of nitrogens with two attached hydrogens (primary N) is 1. The number of benzene rings is 4. The molecule has 200 valence electrons. The Morgan fingerprint density at radius 3 is 2.50 bits per heavy atom. The first kappa shape index (κ1) is 25.4. The van der Waals surface area contributed by atoms with E-state index in [-0.39, 0.29) is 23.7 Å². The minimum Gasteiger partial charge on any atom is -0.397 e. The van der Waals surface area contributed by atoms with Crippen molar-refractivity contribution in [3.05, 3.63) is 95.8 Å². The number of fused-ring (bicyclic) bond motifs is 3. The Hall–Kier alpha value is -4.87. The van der Waals surface area contributed by atoms with Gasteiger partial charge in [0.05, 0.1) is 39.8 Å². The summed E-state index contributed by atoms with van der Waals surface area (Å²) in [6, 6.07) is 25.5. The Balaban J connectivity index is 1.46. The molecule has 0 aliphatic heterocycles. The lowest BCUT2D eigenvalue weighted by atomic mass is 9.93. The fraction of sp³-hybridized carbons (Fsp3) is 0.188. The standard InChI is InChI=1S/C32H28FN5O2/c33-20-9-15-27(26(35)16-20)37-32(40)25-5-3-7-30-31(25)24-4-1-2-6-29(24)38(30)22-12-8-19(18-34)28(17-22)36-21-10-13-23(39)14-11-21/h1-9,12,15-17,21,23,36,39H,10-11,13-14,35H2,(H,37,40)/t21-,23-. The maximum atomic E-state index is 13.5. The molecule has 1 aromatic heterocycles. The summed E-state index contributed by atoms with van der Waals surface area (Å²) < 4.78 is 15.6. The third kappa shape index (κ3) is 4.61. The zero-order valence-electron chi connectivity index (χ0n) is 21.7. The lowest BCUT2D eigenvalue weighted by molar-refractivity contribution is 0.102. The van der Waals surface area contributed by atoms with Crippen molar-refractivity contribution in [3.63, 3.8) is 0 Å². The summed E-state index contributed by atoms with van der Waals surface area (Å²) in [5.74, 6) is -0.827. The van der Waals surface area contributed by atoms with Gasteiger partial charge < -0.3 is 26.0 Å². The van der Waals surface area contributed by atoms with Crippen LogP contribution in [0.2, 0.25) is 0 Å². The van der Waals surface area contributed by atoms with Gasteiger partial charge >= 0.3 is 0 Å². The number of halogens is 1. The van der Waals surface area contributed by atoms with Gasteiger partial charge in [-0.05, 0) is 80.3 Å². The minimum absolute atomic E-state index is 0.146. The van der Waals surface area contributed by atoms with Gasteiger partial charge in [0.2, 0.25) is 0 Å². The number of nitrogen functional groups attached to an aromatic ring is 1. The molecule has 0 radical (unpaired) electrons. The molecule has 0 spiro atoms. The lowest BCUT2D eigenvalue weighted by Crippen LogP contribution is -2.28. The van der Waals surface area contributed by atoms with Crippen molar-refractivity contribution < 1.29 is 14.3 Å². The topological polar surface area (TPSA) is 116 Å². The van der Waals surface area contributed by atoms with Crippen molar-refractivity contribution >= 4 is 44.8 Å². The Morgan fingerprint density at radius 2 is 1.73 bits per heavy atom. The van der Waals surface area contributed by atoms with E-state index in [2.05, 4.69) is 21.3 Å². The Morgan fingerprint density at radius 1 is 0.950 bits per heavy atom. The van der Waals surface area contributed by atoms with Crippen molar-refractivity contribution in [2.45, 2.75) is 37.8 Å². The summed E-state index contributed by atoms with van der Waals surface area (Å²) >= 11 is 0. The van der Waals surface area contributed by atoms with E-state index in [0.29, 0.717) is 16.8 Å². The van der Waals surface area contributed by atoms with E-state index < -0.39 is 5.82 Å². The van der Waals surface area contributed by atoms with Crippen LogP contribution in [0.5, 0.6) is 0 Å². The van der Waals surface area contributed by atoms with Gasteiger partial charge in [-0.25, -0.2) is 4.39 Å².